The molecule has 1 spiro atoms. The van der Waals surface area contributed by atoms with Crippen molar-refractivity contribution in [2.75, 3.05) is 0 Å². The van der Waals surface area contributed by atoms with Gasteiger partial charge in [-0.1, -0.05) is 36.8 Å². The number of rotatable bonds is 1. The lowest BCUT2D eigenvalue weighted by atomic mass is 9.92. The molecule has 1 saturated carbocycles. The summed E-state index contributed by atoms with van der Waals surface area (Å²) in [5.41, 5.74) is 2.44. The average molecular weight is 216 g/mol. The number of benzene rings is 1. The lowest BCUT2D eigenvalue weighted by Gasteiger charge is -2.17. The maximum atomic E-state index is 11.2. The molecule has 1 aliphatic carbocycles. The van der Waals surface area contributed by atoms with Gasteiger partial charge in [-0.3, -0.25) is 4.79 Å². The molecular weight excluding hydrogens is 200 g/mol. The molecule has 16 heavy (non-hydrogen) atoms. The van der Waals surface area contributed by atoms with Crippen molar-refractivity contribution < 1.29 is 9.53 Å². The Kier molecular flexibility index (Phi) is 1.78. The minimum absolute atomic E-state index is 0.0316. The zero-order valence-corrected chi connectivity index (χ0v) is 9.75. The maximum absolute atomic E-state index is 11.2. The molecule has 84 valence electrons. The molecule has 2 atom stereocenters. The summed E-state index contributed by atoms with van der Waals surface area (Å²) in [5.74, 6) is -0.0316. The van der Waals surface area contributed by atoms with Crippen LogP contribution < -0.4 is 0 Å². The third-order valence-corrected chi connectivity index (χ3v) is 4.25. The van der Waals surface area contributed by atoms with E-state index in [9.17, 15) is 4.79 Å². The molecule has 1 saturated heterocycles. The fourth-order valence-electron chi connectivity index (χ4n) is 2.95. The van der Waals surface area contributed by atoms with Gasteiger partial charge in [0.15, 0.2) is 0 Å². The largest absolute Gasteiger partial charge is 0.458 e. The Balaban J connectivity index is 1.92. The Labute approximate surface area is 95.6 Å². The summed E-state index contributed by atoms with van der Waals surface area (Å²) in [7, 11) is 0. The van der Waals surface area contributed by atoms with Gasteiger partial charge in [0.1, 0.15) is 5.60 Å². The highest BCUT2D eigenvalue weighted by Crippen LogP contribution is 2.64. The highest BCUT2D eigenvalue weighted by atomic mass is 16.6. The average Bonchev–Trinajstić information content (AvgIpc) is 2.63. The highest BCUT2D eigenvalue weighted by molar-refractivity contribution is 5.74. The first kappa shape index (κ1) is 9.88. The van der Waals surface area contributed by atoms with Crippen LogP contribution in [0.25, 0.3) is 0 Å². The monoisotopic (exact) mass is 216 g/mol. The fraction of sp³-hybridized carbons (Fsp3) is 0.500. The Morgan fingerprint density at radius 2 is 1.94 bits per heavy atom. The standard InChI is InChI=1S/C14H16O2/c1-10-3-5-11(6-4-10)13(2)9-14(13)8-7-12(15)16-14/h3-6H,7-9H2,1-2H3/t13-,14+/m1/s1. The van der Waals surface area contributed by atoms with Crippen LogP contribution in [0.1, 0.15) is 37.3 Å². The molecule has 0 aromatic heterocycles. The predicted octanol–water partition coefficient (Wildman–Crippen LogP) is 2.73. The third kappa shape index (κ3) is 1.16. The van der Waals surface area contributed by atoms with Gasteiger partial charge in [-0.2, -0.15) is 0 Å². The van der Waals surface area contributed by atoms with Crippen LogP contribution in [0.3, 0.4) is 0 Å². The van der Waals surface area contributed by atoms with Crippen LogP contribution in [-0.4, -0.2) is 11.6 Å². The van der Waals surface area contributed by atoms with Gasteiger partial charge < -0.3 is 4.74 Å². The van der Waals surface area contributed by atoms with Crippen molar-refractivity contribution in [1.82, 2.24) is 0 Å². The molecule has 0 unspecified atom stereocenters. The second-order valence-corrected chi connectivity index (χ2v) is 5.34. The smallest absolute Gasteiger partial charge is 0.306 e. The van der Waals surface area contributed by atoms with Gasteiger partial charge >= 0.3 is 5.97 Å². The van der Waals surface area contributed by atoms with E-state index in [2.05, 4.69) is 38.1 Å². The minimum Gasteiger partial charge on any atom is -0.458 e. The van der Waals surface area contributed by atoms with Crippen LogP contribution in [0.2, 0.25) is 0 Å². The molecule has 2 heteroatoms. The number of ether oxygens (including phenoxy) is 1. The van der Waals surface area contributed by atoms with Gasteiger partial charge in [-0.05, 0) is 18.9 Å². The normalized spacial score (nSPS) is 36.5. The molecule has 1 aromatic rings. The minimum atomic E-state index is -0.181. The van der Waals surface area contributed by atoms with E-state index in [1.165, 1.54) is 11.1 Å². The summed E-state index contributed by atoms with van der Waals surface area (Å²) in [5, 5.41) is 0. The van der Waals surface area contributed by atoms with Gasteiger partial charge in [-0.25, -0.2) is 0 Å². The summed E-state index contributed by atoms with van der Waals surface area (Å²) < 4.78 is 5.52. The quantitative estimate of drug-likeness (QED) is 0.675. The number of hydrogen-bond donors (Lipinski definition) is 0. The Bertz CT molecular complexity index is 448. The summed E-state index contributed by atoms with van der Waals surface area (Å²) in [4.78, 5) is 11.2. The fourth-order valence-corrected chi connectivity index (χ4v) is 2.95. The van der Waals surface area contributed by atoms with Crippen molar-refractivity contribution in [2.45, 2.75) is 44.1 Å². The van der Waals surface area contributed by atoms with Crippen molar-refractivity contribution in [1.29, 1.82) is 0 Å². The third-order valence-electron chi connectivity index (χ3n) is 4.25. The first-order valence-electron chi connectivity index (χ1n) is 5.85. The SMILES string of the molecule is Cc1ccc([C@@]2(C)C[C@@]23CCC(=O)O3)cc1. The van der Waals surface area contributed by atoms with Gasteiger partial charge in [0.05, 0.1) is 0 Å². The van der Waals surface area contributed by atoms with Crippen molar-refractivity contribution in [3.8, 4) is 0 Å². The van der Waals surface area contributed by atoms with Gasteiger partial charge in [-0.15, -0.1) is 0 Å². The molecule has 2 fully saturated rings. The van der Waals surface area contributed by atoms with E-state index in [0.29, 0.717) is 6.42 Å². The highest BCUT2D eigenvalue weighted by Gasteiger charge is 2.70. The second-order valence-electron chi connectivity index (χ2n) is 5.34. The molecule has 0 N–H and O–H groups in total. The molecule has 0 radical (unpaired) electrons. The van der Waals surface area contributed by atoms with E-state index < -0.39 is 0 Å². The molecule has 2 nitrogen and oxygen atoms in total. The summed E-state index contributed by atoms with van der Waals surface area (Å²) in [6.07, 6.45) is 2.45. The first-order valence-corrected chi connectivity index (χ1v) is 5.85. The van der Waals surface area contributed by atoms with E-state index >= 15 is 0 Å². The summed E-state index contributed by atoms with van der Waals surface area (Å²) in [6.45, 7) is 4.29. The zero-order valence-electron chi connectivity index (χ0n) is 9.75. The molecule has 1 aliphatic heterocycles. The Morgan fingerprint density at radius 3 is 2.50 bits per heavy atom. The number of hydrogen-bond acceptors (Lipinski definition) is 2. The van der Waals surface area contributed by atoms with Gasteiger partial charge in [0.2, 0.25) is 0 Å². The molecular formula is C14H16O2. The molecule has 0 amide bonds. The van der Waals surface area contributed by atoms with E-state index in [1.807, 2.05) is 0 Å². The topological polar surface area (TPSA) is 26.3 Å². The Hall–Kier alpha value is -1.31. The summed E-state index contributed by atoms with van der Waals surface area (Å²) >= 11 is 0. The summed E-state index contributed by atoms with van der Waals surface area (Å²) in [6, 6.07) is 8.58. The van der Waals surface area contributed by atoms with Crippen LogP contribution in [-0.2, 0) is 14.9 Å². The number of carbonyl (C=O) groups is 1. The van der Waals surface area contributed by atoms with E-state index in [1.54, 1.807) is 0 Å². The second kappa shape index (κ2) is 2.88. The van der Waals surface area contributed by atoms with Crippen molar-refractivity contribution in [2.24, 2.45) is 0 Å². The molecule has 3 rings (SSSR count). The van der Waals surface area contributed by atoms with Gasteiger partial charge in [0.25, 0.3) is 0 Å². The van der Waals surface area contributed by atoms with Crippen LogP contribution in [0, 0.1) is 6.92 Å². The molecule has 2 aliphatic rings. The van der Waals surface area contributed by atoms with E-state index in [4.69, 9.17) is 4.74 Å². The lowest BCUT2D eigenvalue weighted by Crippen LogP contribution is -2.21. The van der Waals surface area contributed by atoms with Crippen LogP contribution in [0.5, 0.6) is 0 Å². The zero-order chi connectivity index (χ0) is 11.4. The number of aryl methyl sites for hydroxylation is 1. The van der Waals surface area contributed by atoms with Crippen LogP contribution >= 0.6 is 0 Å². The molecule has 1 heterocycles. The molecule has 0 bridgehead atoms. The van der Waals surface area contributed by atoms with Crippen LogP contribution in [0.4, 0.5) is 0 Å². The number of esters is 1. The lowest BCUT2D eigenvalue weighted by molar-refractivity contribution is -0.143. The van der Waals surface area contributed by atoms with E-state index in [0.717, 1.165) is 12.8 Å². The van der Waals surface area contributed by atoms with Crippen LogP contribution in [0.15, 0.2) is 24.3 Å². The van der Waals surface area contributed by atoms with E-state index in [-0.39, 0.29) is 17.0 Å². The van der Waals surface area contributed by atoms with Crippen molar-refractivity contribution in [3.63, 3.8) is 0 Å². The van der Waals surface area contributed by atoms with Crippen molar-refractivity contribution in [3.05, 3.63) is 35.4 Å². The maximum Gasteiger partial charge on any atom is 0.306 e. The number of carbonyl (C=O) groups excluding carboxylic acids is 1. The van der Waals surface area contributed by atoms with Gasteiger partial charge in [0, 0.05) is 18.3 Å². The predicted molar refractivity (Wildman–Crippen MR) is 61.2 cm³/mol. The first-order chi connectivity index (χ1) is 7.56. The molecule has 1 aromatic carbocycles. The van der Waals surface area contributed by atoms with Crippen molar-refractivity contribution >= 4 is 5.97 Å². The Morgan fingerprint density at radius 1 is 1.25 bits per heavy atom.